The van der Waals surface area contributed by atoms with Gasteiger partial charge < -0.3 is 16.0 Å². The molecule has 3 N–H and O–H groups in total. The van der Waals surface area contributed by atoms with E-state index in [1.54, 1.807) is 4.68 Å². The Labute approximate surface area is 155 Å². The van der Waals surface area contributed by atoms with Gasteiger partial charge in [-0.15, -0.1) is 0 Å². The fourth-order valence-electron chi connectivity index (χ4n) is 4.24. The number of rotatable bonds is 6. The zero-order valence-electron chi connectivity index (χ0n) is 15.9. The monoisotopic (exact) mass is 361 g/mol. The lowest BCUT2D eigenvalue weighted by atomic mass is 9.79. The van der Waals surface area contributed by atoms with Gasteiger partial charge in [0.1, 0.15) is 5.54 Å². The lowest BCUT2D eigenvalue weighted by Crippen LogP contribution is -2.61. The van der Waals surface area contributed by atoms with Gasteiger partial charge in [0.2, 0.25) is 11.8 Å². The van der Waals surface area contributed by atoms with Crippen LogP contribution < -0.4 is 16.0 Å². The molecule has 1 saturated heterocycles. The Balaban J connectivity index is 1.73. The van der Waals surface area contributed by atoms with E-state index in [1.807, 2.05) is 26.4 Å². The largest absolute Gasteiger partial charge is 0.354 e. The first-order valence-corrected chi connectivity index (χ1v) is 9.85. The standard InChI is InChI=1S/C19H31N5O2/c1-3-9-21-18(26)19(7-5-4-6-8-19)23-17(25)16-12-20-11-15(16)14-10-22-24(2)13-14/h10,13,15-16,20H,3-9,11-12H2,1-2H3,(H,21,26)(H,23,25)/t15-,16+/m1/s1. The summed E-state index contributed by atoms with van der Waals surface area (Å²) in [5.41, 5.74) is 0.331. The third-order valence-electron chi connectivity index (χ3n) is 5.74. The van der Waals surface area contributed by atoms with E-state index in [0.29, 0.717) is 13.1 Å². The Morgan fingerprint density at radius 2 is 2.08 bits per heavy atom. The molecule has 2 atom stereocenters. The molecule has 2 heterocycles. The second-order valence-corrected chi connectivity index (χ2v) is 7.71. The molecule has 3 rings (SSSR count). The molecule has 2 fully saturated rings. The van der Waals surface area contributed by atoms with E-state index in [4.69, 9.17) is 0 Å². The van der Waals surface area contributed by atoms with Gasteiger partial charge in [-0.1, -0.05) is 26.2 Å². The number of aromatic nitrogens is 2. The van der Waals surface area contributed by atoms with Gasteiger partial charge in [0.05, 0.1) is 12.1 Å². The highest BCUT2D eigenvalue weighted by atomic mass is 16.2. The summed E-state index contributed by atoms with van der Waals surface area (Å²) >= 11 is 0. The van der Waals surface area contributed by atoms with Crippen molar-refractivity contribution in [2.75, 3.05) is 19.6 Å². The van der Waals surface area contributed by atoms with Crippen molar-refractivity contribution in [1.82, 2.24) is 25.7 Å². The maximum Gasteiger partial charge on any atom is 0.245 e. The van der Waals surface area contributed by atoms with Gasteiger partial charge in [-0.05, 0) is 24.8 Å². The van der Waals surface area contributed by atoms with Crippen molar-refractivity contribution < 1.29 is 9.59 Å². The highest BCUT2D eigenvalue weighted by Crippen LogP contribution is 2.32. The Morgan fingerprint density at radius 1 is 1.31 bits per heavy atom. The second-order valence-electron chi connectivity index (χ2n) is 7.71. The van der Waals surface area contributed by atoms with E-state index in [2.05, 4.69) is 21.0 Å². The summed E-state index contributed by atoms with van der Waals surface area (Å²) in [7, 11) is 1.88. The molecule has 7 nitrogen and oxygen atoms in total. The van der Waals surface area contributed by atoms with Crippen molar-refractivity contribution in [2.45, 2.75) is 56.9 Å². The van der Waals surface area contributed by atoms with Crippen LogP contribution in [0.15, 0.2) is 12.4 Å². The zero-order valence-corrected chi connectivity index (χ0v) is 15.9. The minimum atomic E-state index is -0.743. The number of aryl methyl sites for hydroxylation is 1. The highest BCUT2D eigenvalue weighted by molar-refractivity contribution is 5.92. The Kier molecular flexibility index (Phi) is 5.96. The van der Waals surface area contributed by atoms with Crippen LogP contribution in [0.2, 0.25) is 0 Å². The molecule has 7 heteroatoms. The third kappa shape index (κ3) is 3.92. The van der Waals surface area contributed by atoms with Crippen LogP contribution in [0.25, 0.3) is 0 Å². The molecule has 2 amide bonds. The fraction of sp³-hybridized carbons (Fsp3) is 0.737. The van der Waals surface area contributed by atoms with E-state index < -0.39 is 5.54 Å². The van der Waals surface area contributed by atoms with Crippen LogP contribution >= 0.6 is 0 Å². The SMILES string of the molecule is CCCNC(=O)C1(NC(=O)[C@H]2CNC[C@@H]2c2cnn(C)c2)CCCCC1. The summed E-state index contributed by atoms with van der Waals surface area (Å²) in [4.78, 5) is 26.0. The van der Waals surface area contributed by atoms with Crippen LogP contribution in [-0.4, -0.2) is 46.8 Å². The molecule has 1 aromatic rings. The van der Waals surface area contributed by atoms with E-state index in [9.17, 15) is 9.59 Å². The van der Waals surface area contributed by atoms with Crippen LogP contribution in [0.5, 0.6) is 0 Å². The van der Waals surface area contributed by atoms with Crippen LogP contribution in [0.3, 0.4) is 0 Å². The van der Waals surface area contributed by atoms with Gasteiger partial charge in [-0.2, -0.15) is 5.10 Å². The molecule has 0 bridgehead atoms. The number of nitrogens with zero attached hydrogens (tertiary/aromatic N) is 2. The summed E-state index contributed by atoms with van der Waals surface area (Å²) in [6.07, 6.45) is 9.25. The van der Waals surface area contributed by atoms with Crippen molar-refractivity contribution in [1.29, 1.82) is 0 Å². The lowest BCUT2D eigenvalue weighted by molar-refractivity contribution is -0.136. The van der Waals surface area contributed by atoms with Crippen molar-refractivity contribution >= 4 is 11.8 Å². The maximum absolute atomic E-state index is 13.1. The second kappa shape index (κ2) is 8.20. The number of amides is 2. The molecule has 1 saturated carbocycles. The highest BCUT2D eigenvalue weighted by Gasteiger charge is 2.44. The third-order valence-corrected chi connectivity index (χ3v) is 5.74. The summed E-state index contributed by atoms with van der Waals surface area (Å²) < 4.78 is 1.77. The first-order chi connectivity index (χ1) is 12.6. The Morgan fingerprint density at radius 3 is 2.73 bits per heavy atom. The summed E-state index contributed by atoms with van der Waals surface area (Å²) in [6, 6.07) is 0. The Bertz CT molecular complexity index is 636. The van der Waals surface area contributed by atoms with E-state index >= 15 is 0 Å². The fourth-order valence-corrected chi connectivity index (χ4v) is 4.24. The minimum Gasteiger partial charge on any atom is -0.354 e. The average molecular weight is 361 g/mol. The van der Waals surface area contributed by atoms with E-state index in [-0.39, 0.29) is 23.7 Å². The molecule has 2 aliphatic rings. The number of carbonyl (C=O) groups is 2. The molecule has 1 aliphatic carbocycles. The molecular formula is C19H31N5O2. The van der Waals surface area contributed by atoms with Gasteiger partial charge in [0.25, 0.3) is 0 Å². The molecule has 0 unspecified atom stereocenters. The molecule has 0 aromatic carbocycles. The summed E-state index contributed by atoms with van der Waals surface area (Å²) in [5.74, 6) is -0.103. The predicted octanol–water partition coefficient (Wildman–Crippen LogP) is 1.07. The van der Waals surface area contributed by atoms with Gasteiger partial charge in [0, 0.05) is 38.8 Å². The minimum absolute atomic E-state index is 0.0163. The van der Waals surface area contributed by atoms with Crippen LogP contribution in [0.1, 0.15) is 56.9 Å². The summed E-state index contributed by atoms with van der Waals surface area (Å²) in [5, 5.41) is 13.7. The Hall–Kier alpha value is -1.89. The van der Waals surface area contributed by atoms with E-state index in [1.165, 1.54) is 0 Å². The maximum atomic E-state index is 13.1. The smallest absolute Gasteiger partial charge is 0.245 e. The van der Waals surface area contributed by atoms with Gasteiger partial charge in [-0.25, -0.2) is 0 Å². The van der Waals surface area contributed by atoms with Gasteiger partial charge >= 0.3 is 0 Å². The van der Waals surface area contributed by atoms with Crippen LogP contribution in [0, 0.1) is 5.92 Å². The predicted molar refractivity (Wildman–Crippen MR) is 99.6 cm³/mol. The number of nitrogens with one attached hydrogen (secondary N) is 3. The van der Waals surface area contributed by atoms with Crippen molar-refractivity contribution in [3.8, 4) is 0 Å². The first-order valence-electron chi connectivity index (χ1n) is 9.85. The summed E-state index contributed by atoms with van der Waals surface area (Å²) in [6.45, 7) is 4.09. The van der Waals surface area contributed by atoms with E-state index in [0.717, 1.165) is 50.6 Å². The average Bonchev–Trinajstić information content (AvgIpc) is 3.29. The molecule has 0 spiro atoms. The van der Waals surface area contributed by atoms with Crippen LogP contribution in [-0.2, 0) is 16.6 Å². The van der Waals surface area contributed by atoms with Crippen molar-refractivity contribution in [3.05, 3.63) is 18.0 Å². The number of carbonyl (C=O) groups excluding carboxylic acids is 2. The molecule has 26 heavy (non-hydrogen) atoms. The van der Waals surface area contributed by atoms with Gasteiger partial charge in [-0.3, -0.25) is 14.3 Å². The quantitative estimate of drug-likeness (QED) is 0.707. The molecule has 0 radical (unpaired) electrons. The van der Waals surface area contributed by atoms with Crippen LogP contribution in [0.4, 0.5) is 0 Å². The molecule has 1 aromatic heterocycles. The number of hydrogen-bond acceptors (Lipinski definition) is 4. The number of hydrogen-bond donors (Lipinski definition) is 3. The topological polar surface area (TPSA) is 88.1 Å². The van der Waals surface area contributed by atoms with Crippen molar-refractivity contribution in [2.24, 2.45) is 13.0 Å². The molecule has 144 valence electrons. The zero-order chi connectivity index (χ0) is 18.6. The van der Waals surface area contributed by atoms with Crippen molar-refractivity contribution in [3.63, 3.8) is 0 Å². The molecular weight excluding hydrogens is 330 g/mol. The lowest BCUT2D eigenvalue weighted by Gasteiger charge is -2.37. The first kappa shape index (κ1) is 18.9. The molecule has 1 aliphatic heterocycles. The van der Waals surface area contributed by atoms with Gasteiger partial charge in [0.15, 0.2) is 0 Å². The normalized spacial score (nSPS) is 25.0.